The van der Waals surface area contributed by atoms with Crippen LogP contribution < -0.4 is 5.32 Å². The molecule has 0 aliphatic carbocycles. The van der Waals surface area contributed by atoms with Crippen molar-refractivity contribution in [3.05, 3.63) is 41.2 Å². The molecule has 0 spiro atoms. The summed E-state index contributed by atoms with van der Waals surface area (Å²) in [4.78, 5) is 22.6. The summed E-state index contributed by atoms with van der Waals surface area (Å²) >= 11 is 0. The van der Waals surface area contributed by atoms with Crippen LogP contribution in [-0.4, -0.2) is 38.5 Å². The van der Waals surface area contributed by atoms with Gasteiger partial charge >= 0.3 is 5.97 Å². The van der Waals surface area contributed by atoms with Crippen molar-refractivity contribution in [2.24, 2.45) is 0 Å². The van der Waals surface area contributed by atoms with E-state index < -0.39 is 5.97 Å². The van der Waals surface area contributed by atoms with Gasteiger partial charge in [0.15, 0.2) is 5.69 Å². The standard InChI is InChI=1S/C17H22N4O3/c1-12-7-6-8-14(11-12)21-13(2)16(19-20-21)17(24)18-10-5-3-4-9-15(22)23/h6-8,11H,3-5,9-10H2,1-2H3,(H,18,24)(H,22,23). The number of carbonyl (C=O) groups excluding carboxylic acids is 1. The second-order valence-electron chi connectivity index (χ2n) is 5.73. The van der Waals surface area contributed by atoms with Gasteiger partial charge in [0.1, 0.15) is 0 Å². The van der Waals surface area contributed by atoms with Crippen LogP contribution in [0.4, 0.5) is 0 Å². The molecule has 128 valence electrons. The molecule has 0 saturated heterocycles. The number of carbonyl (C=O) groups is 2. The highest BCUT2D eigenvalue weighted by Crippen LogP contribution is 2.13. The molecule has 0 saturated carbocycles. The number of carboxylic acids is 1. The second kappa shape index (κ2) is 8.24. The first-order chi connectivity index (χ1) is 11.5. The number of hydrogen-bond donors (Lipinski definition) is 2. The fourth-order valence-corrected chi connectivity index (χ4v) is 2.41. The Kier molecular flexibility index (Phi) is 6.06. The van der Waals surface area contributed by atoms with Crippen LogP contribution in [0.3, 0.4) is 0 Å². The van der Waals surface area contributed by atoms with E-state index in [2.05, 4.69) is 15.6 Å². The molecule has 1 aromatic heterocycles. The molecule has 0 bridgehead atoms. The van der Waals surface area contributed by atoms with Gasteiger partial charge in [-0.15, -0.1) is 5.10 Å². The molecule has 7 nitrogen and oxygen atoms in total. The molecule has 0 aliphatic rings. The molecule has 0 unspecified atom stereocenters. The molecule has 1 amide bonds. The fraction of sp³-hybridized carbons (Fsp3) is 0.412. The van der Waals surface area contributed by atoms with Gasteiger partial charge in [0, 0.05) is 13.0 Å². The van der Waals surface area contributed by atoms with E-state index in [4.69, 9.17) is 5.11 Å². The van der Waals surface area contributed by atoms with Crippen molar-refractivity contribution in [1.29, 1.82) is 0 Å². The summed E-state index contributed by atoms with van der Waals surface area (Å²) in [5.74, 6) is -1.05. The highest BCUT2D eigenvalue weighted by atomic mass is 16.4. The summed E-state index contributed by atoms with van der Waals surface area (Å²) in [6, 6.07) is 7.82. The largest absolute Gasteiger partial charge is 0.481 e. The number of rotatable bonds is 8. The van der Waals surface area contributed by atoms with E-state index >= 15 is 0 Å². The number of amides is 1. The van der Waals surface area contributed by atoms with E-state index in [1.807, 2.05) is 38.1 Å². The van der Waals surface area contributed by atoms with Crippen molar-refractivity contribution in [3.8, 4) is 5.69 Å². The smallest absolute Gasteiger partial charge is 0.303 e. The Hall–Kier alpha value is -2.70. The third-order valence-corrected chi connectivity index (χ3v) is 3.71. The highest BCUT2D eigenvalue weighted by Gasteiger charge is 2.16. The Morgan fingerprint density at radius 1 is 1.21 bits per heavy atom. The first kappa shape index (κ1) is 17.7. The molecule has 1 aromatic carbocycles. The molecule has 0 atom stereocenters. The number of nitrogens with one attached hydrogen (secondary N) is 1. The zero-order valence-electron chi connectivity index (χ0n) is 14.0. The Balaban J connectivity index is 1.91. The van der Waals surface area contributed by atoms with Crippen molar-refractivity contribution in [2.45, 2.75) is 39.5 Å². The fourth-order valence-electron chi connectivity index (χ4n) is 2.41. The number of aliphatic carboxylic acids is 1. The van der Waals surface area contributed by atoms with E-state index in [0.717, 1.165) is 24.1 Å². The van der Waals surface area contributed by atoms with Crippen molar-refractivity contribution >= 4 is 11.9 Å². The van der Waals surface area contributed by atoms with Crippen LogP contribution in [0.5, 0.6) is 0 Å². The molecule has 2 aromatic rings. The lowest BCUT2D eigenvalue weighted by molar-refractivity contribution is -0.137. The lowest BCUT2D eigenvalue weighted by Crippen LogP contribution is -2.25. The van der Waals surface area contributed by atoms with Gasteiger partial charge < -0.3 is 10.4 Å². The highest BCUT2D eigenvalue weighted by molar-refractivity contribution is 5.93. The molecule has 24 heavy (non-hydrogen) atoms. The number of aryl methyl sites for hydroxylation is 1. The van der Waals surface area contributed by atoms with Gasteiger partial charge in [0.05, 0.1) is 11.4 Å². The normalized spacial score (nSPS) is 10.6. The van der Waals surface area contributed by atoms with Gasteiger partial charge in [-0.05, 0) is 44.4 Å². The summed E-state index contributed by atoms with van der Waals surface area (Å²) < 4.78 is 1.65. The van der Waals surface area contributed by atoms with E-state index in [1.165, 1.54) is 0 Å². The second-order valence-corrected chi connectivity index (χ2v) is 5.73. The summed E-state index contributed by atoms with van der Waals surface area (Å²) in [5, 5.41) is 19.4. The number of hydrogen-bond acceptors (Lipinski definition) is 4. The molecule has 7 heteroatoms. The summed E-state index contributed by atoms with van der Waals surface area (Å²) in [7, 11) is 0. The number of unbranched alkanes of at least 4 members (excludes halogenated alkanes) is 2. The SMILES string of the molecule is Cc1cccc(-n2nnc(C(=O)NCCCCCC(=O)O)c2C)c1. The van der Waals surface area contributed by atoms with Crippen molar-refractivity contribution < 1.29 is 14.7 Å². The van der Waals surface area contributed by atoms with Crippen LogP contribution in [0.2, 0.25) is 0 Å². The molecule has 0 fully saturated rings. The molecule has 1 heterocycles. The van der Waals surface area contributed by atoms with Crippen molar-refractivity contribution in [3.63, 3.8) is 0 Å². The van der Waals surface area contributed by atoms with Gasteiger partial charge in [-0.25, -0.2) is 4.68 Å². The summed E-state index contributed by atoms with van der Waals surface area (Å²) in [6.45, 7) is 4.30. The average Bonchev–Trinajstić information content (AvgIpc) is 2.92. The predicted octanol–water partition coefficient (Wildman–Crippen LogP) is 2.26. The van der Waals surface area contributed by atoms with Gasteiger partial charge in [-0.1, -0.05) is 23.8 Å². The summed E-state index contributed by atoms with van der Waals surface area (Å²) in [6.07, 6.45) is 2.29. The molecule has 2 N–H and O–H groups in total. The molecular formula is C17H22N4O3. The Morgan fingerprint density at radius 2 is 2.00 bits per heavy atom. The number of carboxylic acid groups (broad SMARTS) is 1. The topological polar surface area (TPSA) is 97.1 Å². The van der Waals surface area contributed by atoms with Crippen LogP contribution >= 0.6 is 0 Å². The van der Waals surface area contributed by atoms with Crippen LogP contribution in [0.1, 0.15) is 47.4 Å². The average molecular weight is 330 g/mol. The first-order valence-corrected chi connectivity index (χ1v) is 7.98. The molecule has 0 radical (unpaired) electrons. The Bertz CT molecular complexity index is 724. The number of aromatic nitrogens is 3. The van der Waals surface area contributed by atoms with Crippen LogP contribution in [0, 0.1) is 13.8 Å². The zero-order valence-corrected chi connectivity index (χ0v) is 14.0. The quantitative estimate of drug-likeness (QED) is 0.724. The Labute approximate surface area is 140 Å². The number of nitrogens with zero attached hydrogens (tertiary/aromatic N) is 3. The maximum Gasteiger partial charge on any atom is 0.303 e. The monoisotopic (exact) mass is 330 g/mol. The minimum atomic E-state index is -0.789. The van der Waals surface area contributed by atoms with Gasteiger partial charge in [-0.2, -0.15) is 0 Å². The van der Waals surface area contributed by atoms with Crippen LogP contribution in [-0.2, 0) is 4.79 Å². The van der Waals surface area contributed by atoms with E-state index in [1.54, 1.807) is 4.68 Å². The summed E-state index contributed by atoms with van der Waals surface area (Å²) in [5.41, 5.74) is 2.97. The van der Waals surface area contributed by atoms with Crippen molar-refractivity contribution in [2.75, 3.05) is 6.54 Å². The van der Waals surface area contributed by atoms with E-state index in [0.29, 0.717) is 24.4 Å². The van der Waals surface area contributed by atoms with Crippen LogP contribution in [0.15, 0.2) is 24.3 Å². The molecule has 0 aliphatic heterocycles. The minimum Gasteiger partial charge on any atom is -0.481 e. The maximum atomic E-state index is 12.2. The maximum absolute atomic E-state index is 12.2. The van der Waals surface area contributed by atoms with Crippen LogP contribution in [0.25, 0.3) is 5.69 Å². The third-order valence-electron chi connectivity index (χ3n) is 3.71. The predicted molar refractivity (Wildman–Crippen MR) is 89.3 cm³/mol. The third kappa shape index (κ3) is 4.65. The lowest BCUT2D eigenvalue weighted by atomic mass is 10.2. The first-order valence-electron chi connectivity index (χ1n) is 7.98. The van der Waals surface area contributed by atoms with Gasteiger partial charge in [0.2, 0.25) is 0 Å². The molecule has 2 rings (SSSR count). The van der Waals surface area contributed by atoms with E-state index in [-0.39, 0.29) is 12.3 Å². The zero-order chi connectivity index (χ0) is 17.5. The molecular weight excluding hydrogens is 308 g/mol. The van der Waals surface area contributed by atoms with Gasteiger partial charge in [-0.3, -0.25) is 9.59 Å². The lowest BCUT2D eigenvalue weighted by Gasteiger charge is -2.05. The van der Waals surface area contributed by atoms with Gasteiger partial charge in [0.25, 0.3) is 5.91 Å². The number of benzene rings is 1. The Morgan fingerprint density at radius 3 is 2.71 bits per heavy atom. The van der Waals surface area contributed by atoms with E-state index in [9.17, 15) is 9.59 Å². The minimum absolute atomic E-state index is 0.165. The van der Waals surface area contributed by atoms with Crippen molar-refractivity contribution in [1.82, 2.24) is 20.3 Å².